The van der Waals surface area contributed by atoms with Crippen LogP contribution in [0.25, 0.3) is 0 Å². The van der Waals surface area contributed by atoms with Crippen LogP contribution >= 0.6 is 11.6 Å². The van der Waals surface area contributed by atoms with Crippen molar-refractivity contribution in [2.24, 2.45) is 0 Å². The van der Waals surface area contributed by atoms with Crippen molar-refractivity contribution in [3.8, 4) is 6.07 Å². The monoisotopic (exact) mass is 261 g/mol. The number of halogens is 1. The molecule has 18 heavy (non-hydrogen) atoms. The lowest BCUT2D eigenvalue weighted by molar-refractivity contribution is 0.102. The van der Waals surface area contributed by atoms with Crippen LogP contribution in [0.15, 0.2) is 28.8 Å². The van der Waals surface area contributed by atoms with Crippen molar-refractivity contribution in [1.29, 1.82) is 5.26 Å². The van der Waals surface area contributed by atoms with Gasteiger partial charge in [-0.3, -0.25) is 4.79 Å². The number of carbonyl (C=O) groups is 1. The molecule has 5 nitrogen and oxygen atoms in total. The molecular weight excluding hydrogens is 254 g/mol. The van der Waals surface area contributed by atoms with E-state index in [1.807, 2.05) is 0 Å². The standard InChI is InChI=1S/C12H8ClN3O2/c1-7-11(10(6-14)16-18-7)12(17)15-9-4-2-3-8(13)5-9/h2-5H,1H3,(H,15,17). The Kier molecular flexibility index (Phi) is 3.31. The van der Waals surface area contributed by atoms with Gasteiger partial charge in [0.05, 0.1) is 0 Å². The van der Waals surface area contributed by atoms with Crippen molar-refractivity contribution in [1.82, 2.24) is 5.16 Å². The van der Waals surface area contributed by atoms with Crippen molar-refractivity contribution < 1.29 is 9.32 Å². The van der Waals surface area contributed by atoms with Crippen LogP contribution in [0, 0.1) is 18.3 Å². The minimum atomic E-state index is -0.451. The highest BCUT2D eigenvalue weighted by atomic mass is 35.5. The lowest BCUT2D eigenvalue weighted by Crippen LogP contribution is -2.13. The summed E-state index contributed by atoms with van der Waals surface area (Å²) in [6.07, 6.45) is 0. The maximum atomic E-state index is 12.0. The van der Waals surface area contributed by atoms with E-state index in [9.17, 15) is 4.79 Å². The predicted molar refractivity (Wildman–Crippen MR) is 65.4 cm³/mol. The molecule has 1 aromatic heterocycles. The van der Waals surface area contributed by atoms with E-state index in [1.54, 1.807) is 37.3 Å². The van der Waals surface area contributed by atoms with Gasteiger partial charge in [0, 0.05) is 10.7 Å². The summed E-state index contributed by atoms with van der Waals surface area (Å²) in [6.45, 7) is 1.57. The number of hydrogen-bond acceptors (Lipinski definition) is 4. The summed E-state index contributed by atoms with van der Waals surface area (Å²) in [7, 11) is 0. The van der Waals surface area contributed by atoms with Gasteiger partial charge in [-0.1, -0.05) is 22.8 Å². The first-order valence-electron chi connectivity index (χ1n) is 5.05. The van der Waals surface area contributed by atoms with Crippen LogP contribution < -0.4 is 5.32 Å². The number of nitrogens with one attached hydrogen (secondary N) is 1. The van der Waals surface area contributed by atoms with E-state index in [0.29, 0.717) is 16.5 Å². The van der Waals surface area contributed by atoms with Crippen LogP contribution in [0.1, 0.15) is 21.8 Å². The SMILES string of the molecule is Cc1onc(C#N)c1C(=O)Nc1cccc(Cl)c1. The van der Waals surface area contributed by atoms with Crippen LogP contribution in [0.4, 0.5) is 5.69 Å². The van der Waals surface area contributed by atoms with Crippen molar-refractivity contribution in [3.63, 3.8) is 0 Å². The predicted octanol–water partition coefficient (Wildman–Crippen LogP) is 2.76. The third kappa shape index (κ3) is 2.34. The second kappa shape index (κ2) is 4.90. The van der Waals surface area contributed by atoms with Crippen molar-refractivity contribution in [3.05, 3.63) is 46.3 Å². The Bertz CT molecular complexity index is 643. The van der Waals surface area contributed by atoms with Gasteiger partial charge in [-0.2, -0.15) is 5.26 Å². The molecule has 0 aliphatic heterocycles. The summed E-state index contributed by atoms with van der Waals surface area (Å²) in [5.41, 5.74) is 0.640. The highest BCUT2D eigenvalue weighted by Gasteiger charge is 2.20. The zero-order valence-electron chi connectivity index (χ0n) is 9.40. The van der Waals surface area contributed by atoms with Crippen LogP contribution in [0.3, 0.4) is 0 Å². The number of aryl methyl sites for hydroxylation is 1. The number of nitriles is 1. The second-order valence-corrected chi connectivity index (χ2v) is 3.98. The third-order valence-corrected chi connectivity index (χ3v) is 2.51. The largest absolute Gasteiger partial charge is 0.359 e. The van der Waals surface area contributed by atoms with Gasteiger partial charge in [-0.15, -0.1) is 0 Å². The molecule has 0 spiro atoms. The Labute approximate surface area is 108 Å². The maximum absolute atomic E-state index is 12.0. The number of anilines is 1. The molecular formula is C12H8ClN3O2. The fraction of sp³-hybridized carbons (Fsp3) is 0.0833. The Morgan fingerprint density at radius 1 is 1.56 bits per heavy atom. The van der Waals surface area contributed by atoms with Gasteiger partial charge in [0.15, 0.2) is 5.69 Å². The molecule has 0 bridgehead atoms. The van der Waals surface area contributed by atoms with Crippen molar-refractivity contribution in [2.45, 2.75) is 6.92 Å². The van der Waals surface area contributed by atoms with Crippen molar-refractivity contribution in [2.75, 3.05) is 5.32 Å². The molecule has 0 fully saturated rings. The van der Waals surface area contributed by atoms with Gasteiger partial charge >= 0.3 is 0 Å². The summed E-state index contributed by atoms with van der Waals surface area (Å²) in [4.78, 5) is 12.0. The van der Waals surface area contributed by atoms with Gasteiger partial charge in [0.2, 0.25) is 0 Å². The minimum Gasteiger partial charge on any atom is -0.359 e. The fourth-order valence-corrected chi connectivity index (χ4v) is 1.67. The molecule has 0 unspecified atom stereocenters. The lowest BCUT2D eigenvalue weighted by atomic mass is 10.2. The van der Waals surface area contributed by atoms with Crippen LogP contribution in [-0.4, -0.2) is 11.1 Å². The van der Waals surface area contributed by atoms with Crippen LogP contribution in [0.2, 0.25) is 5.02 Å². The highest BCUT2D eigenvalue weighted by molar-refractivity contribution is 6.31. The van der Waals surface area contributed by atoms with Gasteiger partial charge < -0.3 is 9.84 Å². The van der Waals surface area contributed by atoms with E-state index in [-0.39, 0.29) is 11.3 Å². The van der Waals surface area contributed by atoms with Crippen LogP contribution in [0.5, 0.6) is 0 Å². The summed E-state index contributed by atoms with van der Waals surface area (Å²) in [6, 6.07) is 8.51. The number of carbonyl (C=O) groups excluding carboxylic acids is 1. The summed E-state index contributed by atoms with van der Waals surface area (Å²) < 4.78 is 4.81. The van der Waals surface area contributed by atoms with Gasteiger partial charge in [0.25, 0.3) is 5.91 Å². The quantitative estimate of drug-likeness (QED) is 0.901. The molecule has 0 aliphatic carbocycles. The molecule has 0 radical (unpaired) electrons. The summed E-state index contributed by atoms with van der Waals surface area (Å²) >= 11 is 5.81. The number of nitrogens with zero attached hydrogens (tertiary/aromatic N) is 2. The van der Waals surface area contributed by atoms with Gasteiger partial charge in [0.1, 0.15) is 17.4 Å². The van der Waals surface area contributed by atoms with E-state index < -0.39 is 5.91 Å². The summed E-state index contributed by atoms with van der Waals surface area (Å²) in [5.74, 6) is -0.154. The zero-order valence-corrected chi connectivity index (χ0v) is 10.2. The first kappa shape index (κ1) is 12.1. The molecule has 0 saturated heterocycles. The molecule has 0 atom stereocenters. The molecule has 0 saturated carbocycles. The van der Waals surface area contributed by atoms with Gasteiger partial charge in [-0.05, 0) is 25.1 Å². The molecule has 1 N–H and O–H groups in total. The molecule has 2 aromatic rings. The summed E-state index contributed by atoms with van der Waals surface area (Å²) in [5, 5.41) is 15.4. The number of amides is 1. The molecule has 0 aliphatic rings. The molecule has 1 amide bonds. The Morgan fingerprint density at radius 2 is 2.33 bits per heavy atom. The molecule has 1 aromatic carbocycles. The Morgan fingerprint density at radius 3 is 3.00 bits per heavy atom. The van der Waals surface area contributed by atoms with E-state index in [0.717, 1.165) is 0 Å². The average molecular weight is 262 g/mol. The topological polar surface area (TPSA) is 78.9 Å². The number of rotatable bonds is 2. The lowest BCUT2D eigenvalue weighted by Gasteiger charge is -2.04. The maximum Gasteiger partial charge on any atom is 0.262 e. The number of aromatic nitrogens is 1. The first-order valence-corrected chi connectivity index (χ1v) is 5.43. The normalized spacial score (nSPS) is 9.83. The van der Waals surface area contributed by atoms with Gasteiger partial charge in [-0.25, -0.2) is 0 Å². The number of benzene rings is 1. The molecule has 6 heteroatoms. The number of hydrogen-bond donors (Lipinski definition) is 1. The second-order valence-electron chi connectivity index (χ2n) is 3.54. The molecule has 1 heterocycles. The minimum absolute atomic E-state index is 0.0352. The van der Waals surface area contributed by atoms with E-state index in [2.05, 4.69) is 10.5 Å². The molecule has 2 rings (SSSR count). The highest BCUT2D eigenvalue weighted by Crippen LogP contribution is 2.18. The van der Waals surface area contributed by atoms with E-state index >= 15 is 0 Å². The van der Waals surface area contributed by atoms with Crippen molar-refractivity contribution >= 4 is 23.2 Å². The van der Waals surface area contributed by atoms with E-state index in [4.69, 9.17) is 21.4 Å². The Balaban J connectivity index is 2.28. The van der Waals surface area contributed by atoms with E-state index in [1.165, 1.54) is 0 Å². The zero-order chi connectivity index (χ0) is 13.1. The van der Waals surface area contributed by atoms with Crippen LogP contribution in [-0.2, 0) is 0 Å². The smallest absolute Gasteiger partial charge is 0.262 e. The third-order valence-electron chi connectivity index (χ3n) is 2.28. The fourth-order valence-electron chi connectivity index (χ4n) is 1.48. The average Bonchev–Trinajstić information content (AvgIpc) is 2.70. The first-order chi connectivity index (χ1) is 8.61. The molecule has 90 valence electrons. The Hall–Kier alpha value is -2.32.